The Morgan fingerprint density at radius 1 is 0.490 bits per heavy atom. The summed E-state index contributed by atoms with van der Waals surface area (Å²) in [6.45, 7) is 10.6. The normalized spacial score (nSPS) is 11.4. The molecule has 250 valence electrons. The molecule has 0 N–H and O–H groups in total. The maximum Gasteiger partial charge on any atom is 0.0487 e. The Kier molecular flexibility index (Phi) is 9.81. The van der Waals surface area contributed by atoms with Crippen molar-refractivity contribution in [3.63, 3.8) is 0 Å². The number of para-hydroxylation sites is 1. The van der Waals surface area contributed by atoms with Crippen molar-refractivity contribution < 1.29 is 0 Å². The van der Waals surface area contributed by atoms with E-state index >= 15 is 0 Å². The van der Waals surface area contributed by atoms with Crippen LogP contribution in [0.2, 0.25) is 0 Å². The van der Waals surface area contributed by atoms with Gasteiger partial charge in [-0.05, 0) is 116 Å². The average molecular weight is 660 g/mol. The van der Waals surface area contributed by atoms with Crippen LogP contribution in [-0.2, 0) is 0 Å². The van der Waals surface area contributed by atoms with E-state index in [4.69, 9.17) is 0 Å². The van der Waals surface area contributed by atoms with Gasteiger partial charge in [0.25, 0.3) is 0 Å². The van der Waals surface area contributed by atoms with E-state index in [2.05, 4.69) is 196 Å². The molecular formula is C50H45N. The third kappa shape index (κ3) is 6.44. The SMILES string of the molecule is CC.CC/C=C(\C)N(c1ccc(-c2c3ccccc3c(-c3ccc(-c4ccc5ccccc5c4)cc3)c3ccccc23)cc1)c1ccccc1C. The summed E-state index contributed by atoms with van der Waals surface area (Å²) < 4.78 is 0. The summed E-state index contributed by atoms with van der Waals surface area (Å²) in [5.41, 5.74) is 12.3. The molecule has 1 nitrogen and oxygen atoms in total. The number of fused-ring (bicyclic) bond motifs is 3. The summed E-state index contributed by atoms with van der Waals surface area (Å²) in [5.74, 6) is 0. The first-order valence-corrected chi connectivity index (χ1v) is 18.3. The lowest BCUT2D eigenvalue weighted by atomic mass is 9.85. The van der Waals surface area contributed by atoms with Crippen LogP contribution < -0.4 is 4.90 Å². The molecule has 8 aromatic rings. The Hall–Kier alpha value is -5.92. The number of rotatable bonds is 7. The molecule has 0 radical (unpaired) electrons. The van der Waals surface area contributed by atoms with Gasteiger partial charge in [-0.3, -0.25) is 0 Å². The predicted molar refractivity (Wildman–Crippen MR) is 224 cm³/mol. The summed E-state index contributed by atoms with van der Waals surface area (Å²) in [7, 11) is 0. The summed E-state index contributed by atoms with van der Waals surface area (Å²) >= 11 is 0. The lowest BCUT2D eigenvalue weighted by Crippen LogP contribution is -2.15. The Labute approximate surface area is 303 Å². The quantitative estimate of drug-likeness (QED) is 0.154. The van der Waals surface area contributed by atoms with Crippen LogP contribution in [0.5, 0.6) is 0 Å². The van der Waals surface area contributed by atoms with Gasteiger partial charge in [0, 0.05) is 17.1 Å². The van der Waals surface area contributed by atoms with Crippen LogP contribution >= 0.6 is 0 Å². The van der Waals surface area contributed by atoms with E-state index in [1.54, 1.807) is 0 Å². The second-order valence-electron chi connectivity index (χ2n) is 12.9. The van der Waals surface area contributed by atoms with Crippen molar-refractivity contribution in [1.82, 2.24) is 0 Å². The Morgan fingerprint density at radius 2 is 0.941 bits per heavy atom. The monoisotopic (exact) mass is 659 g/mol. The first kappa shape index (κ1) is 33.6. The van der Waals surface area contributed by atoms with E-state index in [1.807, 2.05) is 13.8 Å². The molecule has 0 saturated carbocycles. The van der Waals surface area contributed by atoms with Gasteiger partial charge in [0.2, 0.25) is 0 Å². The van der Waals surface area contributed by atoms with Crippen molar-refractivity contribution in [2.45, 2.75) is 41.0 Å². The fraction of sp³-hybridized carbons (Fsp3) is 0.120. The van der Waals surface area contributed by atoms with Gasteiger partial charge in [-0.15, -0.1) is 0 Å². The summed E-state index contributed by atoms with van der Waals surface area (Å²) in [6, 6.07) is 60.0. The van der Waals surface area contributed by atoms with Gasteiger partial charge in [0.1, 0.15) is 0 Å². The van der Waals surface area contributed by atoms with Gasteiger partial charge >= 0.3 is 0 Å². The molecule has 8 aromatic carbocycles. The predicted octanol–water partition coefficient (Wildman–Crippen LogP) is 14.9. The number of nitrogens with zero attached hydrogens (tertiary/aromatic N) is 1. The standard InChI is InChI=1S/C48H39N.C2H6/c1-4-13-34(3)49(46-21-12-5-14-33(46)2)41-30-28-38(29-31-41)48-44-19-10-8-17-42(44)47(43-18-9-11-20-45(43)48)37-25-22-36(23-26-37)40-27-24-35-15-6-7-16-39(35)32-40;1-2/h5-32H,4H2,1-3H3;1-2H3/b34-13+;. The Bertz CT molecular complexity index is 2430. The minimum Gasteiger partial charge on any atom is -0.315 e. The molecule has 0 unspecified atom stereocenters. The maximum absolute atomic E-state index is 2.38. The zero-order valence-electron chi connectivity index (χ0n) is 30.3. The molecule has 0 saturated heterocycles. The molecule has 0 amide bonds. The second kappa shape index (κ2) is 14.9. The van der Waals surface area contributed by atoms with Crippen LogP contribution in [0.3, 0.4) is 0 Å². The van der Waals surface area contributed by atoms with Gasteiger partial charge in [0.15, 0.2) is 0 Å². The Morgan fingerprint density at radius 3 is 1.49 bits per heavy atom. The van der Waals surface area contributed by atoms with E-state index in [9.17, 15) is 0 Å². The van der Waals surface area contributed by atoms with E-state index in [0.29, 0.717) is 0 Å². The molecule has 0 spiro atoms. The Balaban J connectivity index is 0.00000200. The largest absolute Gasteiger partial charge is 0.315 e. The van der Waals surface area contributed by atoms with Crippen molar-refractivity contribution in [1.29, 1.82) is 0 Å². The molecular weight excluding hydrogens is 615 g/mol. The van der Waals surface area contributed by atoms with Crippen molar-refractivity contribution >= 4 is 43.7 Å². The molecule has 8 rings (SSSR count). The zero-order chi connectivity index (χ0) is 35.3. The zero-order valence-corrected chi connectivity index (χ0v) is 30.3. The highest BCUT2D eigenvalue weighted by atomic mass is 15.1. The fourth-order valence-electron chi connectivity index (χ4n) is 7.46. The first-order chi connectivity index (χ1) is 25.1. The maximum atomic E-state index is 2.38. The minimum absolute atomic E-state index is 0.989. The molecule has 0 aliphatic carbocycles. The minimum atomic E-state index is 0.989. The summed E-state index contributed by atoms with van der Waals surface area (Å²) in [4.78, 5) is 2.38. The molecule has 0 fully saturated rings. The van der Waals surface area contributed by atoms with Gasteiger partial charge in [-0.2, -0.15) is 0 Å². The number of hydrogen-bond donors (Lipinski definition) is 0. The molecule has 0 aliphatic heterocycles. The van der Waals surface area contributed by atoms with E-state index in [0.717, 1.165) is 12.1 Å². The van der Waals surface area contributed by atoms with Crippen LogP contribution in [0.15, 0.2) is 176 Å². The topological polar surface area (TPSA) is 3.24 Å². The fourth-order valence-corrected chi connectivity index (χ4v) is 7.46. The first-order valence-electron chi connectivity index (χ1n) is 18.3. The van der Waals surface area contributed by atoms with Gasteiger partial charge < -0.3 is 4.90 Å². The van der Waals surface area contributed by atoms with Gasteiger partial charge in [-0.25, -0.2) is 0 Å². The van der Waals surface area contributed by atoms with Crippen LogP contribution in [0, 0.1) is 6.92 Å². The molecule has 51 heavy (non-hydrogen) atoms. The lowest BCUT2D eigenvalue weighted by Gasteiger charge is -2.28. The highest BCUT2D eigenvalue weighted by molar-refractivity contribution is 6.21. The van der Waals surface area contributed by atoms with Gasteiger partial charge in [-0.1, -0.05) is 166 Å². The third-order valence-electron chi connectivity index (χ3n) is 9.81. The van der Waals surface area contributed by atoms with E-state index in [1.165, 1.54) is 82.6 Å². The van der Waals surface area contributed by atoms with Crippen LogP contribution in [0.1, 0.15) is 39.7 Å². The number of allylic oxidation sites excluding steroid dienone is 2. The summed E-state index contributed by atoms with van der Waals surface area (Å²) in [6.07, 6.45) is 3.29. The molecule has 0 aliphatic rings. The molecule has 0 bridgehead atoms. The number of anilines is 2. The lowest BCUT2D eigenvalue weighted by molar-refractivity contribution is 1.09. The molecule has 0 aromatic heterocycles. The van der Waals surface area contributed by atoms with Crippen LogP contribution in [0.25, 0.3) is 65.7 Å². The molecule has 1 heteroatoms. The molecule has 0 heterocycles. The number of hydrogen-bond acceptors (Lipinski definition) is 1. The van der Waals surface area contributed by atoms with Crippen molar-refractivity contribution in [2.75, 3.05) is 4.90 Å². The van der Waals surface area contributed by atoms with Crippen molar-refractivity contribution in [2.24, 2.45) is 0 Å². The van der Waals surface area contributed by atoms with Crippen molar-refractivity contribution in [3.8, 4) is 33.4 Å². The second-order valence-corrected chi connectivity index (χ2v) is 12.9. The molecule has 0 atom stereocenters. The van der Waals surface area contributed by atoms with Crippen LogP contribution in [0.4, 0.5) is 11.4 Å². The van der Waals surface area contributed by atoms with Crippen LogP contribution in [-0.4, -0.2) is 0 Å². The third-order valence-corrected chi connectivity index (χ3v) is 9.81. The smallest absolute Gasteiger partial charge is 0.0487 e. The highest BCUT2D eigenvalue weighted by Gasteiger charge is 2.18. The average Bonchev–Trinajstić information content (AvgIpc) is 3.19. The number of aryl methyl sites for hydroxylation is 1. The number of benzene rings is 8. The van der Waals surface area contributed by atoms with Gasteiger partial charge in [0.05, 0.1) is 0 Å². The summed E-state index contributed by atoms with van der Waals surface area (Å²) in [5, 5.41) is 7.59. The highest BCUT2D eigenvalue weighted by Crippen LogP contribution is 2.44. The van der Waals surface area contributed by atoms with Crippen molar-refractivity contribution in [3.05, 3.63) is 181 Å². The van der Waals surface area contributed by atoms with E-state index < -0.39 is 0 Å². The van der Waals surface area contributed by atoms with E-state index in [-0.39, 0.29) is 0 Å².